The van der Waals surface area contributed by atoms with Crippen molar-refractivity contribution < 1.29 is 9.53 Å². The van der Waals surface area contributed by atoms with E-state index in [1.165, 1.54) is 6.42 Å². The average Bonchev–Trinajstić information content (AvgIpc) is 2.56. The van der Waals surface area contributed by atoms with Crippen molar-refractivity contribution in [2.75, 3.05) is 0 Å². The number of carbonyl (C=O) groups excluding carboxylic acids is 1. The molecule has 1 heterocycles. The van der Waals surface area contributed by atoms with Crippen molar-refractivity contribution in [3.8, 4) is 0 Å². The van der Waals surface area contributed by atoms with Crippen molar-refractivity contribution in [1.82, 2.24) is 0 Å². The summed E-state index contributed by atoms with van der Waals surface area (Å²) in [5.74, 6) is 2.23. The maximum absolute atomic E-state index is 11.4. The van der Waals surface area contributed by atoms with E-state index in [1.54, 1.807) is 0 Å². The van der Waals surface area contributed by atoms with Crippen LogP contribution >= 0.6 is 22.6 Å². The molecule has 2 aliphatic carbocycles. The zero-order valence-electron chi connectivity index (χ0n) is 6.87. The number of carbonyl (C=O) groups is 1. The average molecular weight is 278 g/mol. The fourth-order valence-corrected chi connectivity index (χ4v) is 4.95. The van der Waals surface area contributed by atoms with Gasteiger partial charge >= 0.3 is 5.97 Å². The first-order chi connectivity index (χ1) is 5.70. The molecule has 2 bridgehead atoms. The third-order valence-electron chi connectivity index (χ3n) is 3.92. The van der Waals surface area contributed by atoms with Crippen LogP contribution in [0.1, 0.15) is 13.3 Å². The Kier molecular flexibility index (Phi) is 1.37. The molecule has 0 amide bonds. The molecule has 0 aromatic rings. The highest BCUT2D eigenvalue weighted by Gasteiger charge is 2.64. The molecule has 0 spiro atoms. The number of fused-ring (bicyclic) bond motifs is 1. The van der Waals surface area contributed by atoms with Crippen molar-refractivity contribution >= 4 is 28.6 Å². The van der Waals surface area contributed by atoms with Crippen LogP contribution in [0.25, 0.3) is 0 Å². The lowest BCUT2D eigenvalue weighted by molar-refractivity contribution is -0.143. The number of alkyl halides is 1. The van der Waals surface area contributed by atoms with Crippen LogP contribution in [-0.4, -0.2) is 16.0 Å². The molecule has 12 heavy (non-hydrogen) atoms. The predicted molar refractivity (Wildman–Crippen MR) is 51.9 cm³/mol. The quantitative estimate of drug-likeness (QED) is 0.382. The Bertz CT molecular complexity index is 253. The minimum atomic E-state index is 0.0826. The lowest BCUT2D eigenvalue weighted by Gasteiger charge is -2.25. The number of halogens is 1. The second-order valence-corrected chi connectivity index (χ2v) is 5.73. The third-order valence-corrected chi connectivity index (χ3v) is 5.55. The standard InChI is InChI=1S/C9H11IO2/c1-3-4-2-5-6(3)9(11)12-8(5)7(4)10/h3-8H,2H2,1H3/t3-,4+,5+,6+,7+,8-/m0/s1. The summed E-state index contributed by atoms with van der Waals surface area (Å²) >= 11 is 2.46. The first kappa shape index (κ1) is 7.59. The highest BCUT2D eigenvalue weighted by Crippen LogP contribution is 2.59. The van der Waals surface area contributed by atoms with E-state index < -0.39 is 0 Å². The summed E-state index contributed by atoms with van der Waals surface area (Å²) in [6, 6.07) is 0. The Morgan fingerprint density at radius 2 is 2.25 bits per heavy atom. The normalized spacial score (nSPS) is 61.0. The van der Waals surface area contributed by atoms with Crippen LogP contribution in [0.2, 0.25) is 0 Å². The maximum Gasteiger partial charge on any atom is 0.309 e. The van der Waals surface area contributed by atoms with Crippen LogP contribution in [0.5, 0.6) is 0 Å². The Hall–Kier alpha value is 0.200. The topological polar surface area (TPSA) is 26.3 Å². The van der Waals surface area contributed by atoms with Gasteiger partial charge in [0.25, 0.3) is 0 Å². The summed E-state index contributed by atoms with van der Waals surface area (Å²) in [4.78, 5) is 11.4. The van der Waals surface area contributed by atoms with Crippen LogP contribution in [0.15, 0.2) is 0 Å². The number of hydrogen-bond acceptors (Lipinski definition) is 2. The molecule has 3 aliphatic rings. The molecule has 2 saturated carbocycles. The molecule has 0 aromatic carbocycles. The maximum atomic E-state index is 11.4. The minimum Gasteiger partial charge on any atom is -0.461 e. The van der Waals surface area contributed by atoms with E-state index in [4.69, 9.17) is 4.74 Å². The Morgan fingerprint density at radius 3 is 2.92 bits per heavy atom. The lowest BCUT2D eigenvalue weighted by Crippen LogP contribution is -2.32. The minimum absolute atomic E-state index is 0.0826. The molecule has 6 atom stereocenters. The molecule has 2 nitrogen and oxygen atoms in total. The molecular weight excluding hydrogens is 267 g/mol. The monoisotopic (exact) mass is 278 g/mol. The van der Waals surface area contributed by atoms with Crippen LogP contribution in [0.3, 0.4) is 0 Å². The van der Waals surface area contributed by atoms with Crippen molar-refractivity contribution in [1.29, 1.82) is 0 Å². The number of ether oxygens (including phenoxy) is 1. The van der Waals surface area contributed by atoms with Gasteiger partial charge in [-0.25, -0.2) is 0 Å². The van der Waals surface area contributed by atoms with E-state index >= 15 is 0 Å². The summed E-state index contributed by atoms with van der Waals surface area (Å²) in [5.41, 5.74) is 0. The smallest absolute Gasteiger partial charge is 0.309 e. The molecule has 66 valence electrons. The number of rotatable bonds is 0. The van der Waals surface area contributed by atoms with Gasteiger partial charge in [0, 0.05) is 5.92 Å². The van der Waals surface area contributed by atoms with Crippen LogP contribution in [0, 0.1) is 23.7 Å². The van der Waals surface area contributed by atoms with Gasteiger partial charge in [-0.1, -0.05) is 29.5 Å². The highest BCUT2D eigenvalue weighted by molar-refractivity contribution is 14.1. The Morgan fingerprint density at radius 1 is 1.50 bits per heavy atom. The first-order valence-corrected chi connectivity index (χ1v) is 5.79. The molecule has 0 radical (unpaired) electrons. The summed E-state index contributed by atoms with van der Waals surface area (Å²) in [7, 11) is 0. The Balaban J connectivity index is 2.06. The molecule has 0 unspecified atom stereocenters. The fourth-order valence-electron chi connectivity index (χ4n) is 3.32. The largest absolute Gasteiger partial charge is 0.461 e. The van der Waals surface area contributed by atoms with E-state index in [1.807, 2.05) is 0 Å². The SMILES string of the molecule is C[C@H]1[C@H]2C[C@H]3[C@H](OC(=O)[C@H]13)[C@@H]2I. The highest BCUT2D eigenvalue weighted by atomic mass is 127. The lowest BCUT2D eigenvalue weighted by atomic mass is 9.81. The summed E-state index contributed by atoms with van der Waals surface area (Å²) < 4.78 is 5.96. The van der Waals surface area contributed by atoms with Gasteiger partial charge in [-0.2, -0.15) is 0 Å². The van der Waals surface area contributed by atoms with Gasteiger partial charge in [0.2, 0.25) is 0 Å². The van der Waals surface area contributed by atoms with E-state index in [0.29, 0.717) is 15.8 Å². The van der Waals surface area contributed by atoms with Gasteiger partial charge in [0.05, 0.1) is 9.84 Å². The third kappa shape index (κ3) is 0.659. The van der Waals surface area contributed by atoms with Crippen molar-refractivity contribution in [2.24, 2.45) is 23.7 Å². The number of esters is 1. The van der Waals surface area contributed by atoms with Gasteiger partial charge in [-0.05, 0) is 18.3 Å². The van der Waals surface area contributed by atoms with Crippen LogP contribution in [0.4, 0.5) is 0 Å². The predicted octanol–water partition coefficient (Wildman–Crippen LogP) is 1.62. The molecular formula is C9H11IO2. The van der Waals surface area contributed by atoms with Crippen molar-refractivity contribution in [3.05, 3.63) is 0 Å². The fraction of sp³-hybridized carbons (Fsp3) is 0.889. The molecule has 1 aliphatic heterocycles. The van der Waals surface area contributed by atoms with Gasteiger partial charge in [0.1, 0.15) is 6.10 Å². The van der Waals surface area contributed by atoms with E-state index in [9.17, 15) is 4.79 Å². The summed E-state index contributed by atoms with van der Waals surface area (Å²) in [5, 5.41) is 0. The zero-order chi connectivity index (χ0) is 8.46. The molecule has 1 saturated heterocycles. The van der Waals surface area contributed by atoms with Crippen molar-refractivity contribution in [3.63, 3.8) is 0 Å². The second kappa shape index (κ2) is 2.16. The van der Waals surface area contributed by atoms with E-state index in [-0.39, 0.29) is 18.0 Å². The van der Waals surface area contributed by atoms with Gasteiger partial charge in [-0.3, -0.25) is 4.79 Å². The van der Waals surface area contributed by atoms with Gasteiger partial charge in [0.15, 0.2) is 0 Å². The van der Waals surface area contributed by atoms with E-state index in [2.05, 4.69) is 29.5 Å². The molecule has 3 fully saturated rings. The molecule has 3 heteroatoms. The number of hydrogen-bond donors (Lipinski definition) is 0. The molecule has 0 aromatic heterocycles. The first-order valence-electron chi connectivity index (χ1n) is 4.54. The van der Waals surface area contributed by atoms with Gasteiger partial charge < -0.3 is 4.74 Å². The summed E-state index contributed by atoms with van der Waals surface area (Å²) in [6.45, 7) is 2.21. The molecule has 3 rings (SSSR count). The van der Waals surface area contributed by atoms with Crippen LogP contribution < -0.4 is 0 Å². The summed E-state index contributed by atoms with van der Waals surface area (Å²) in [6.07, 6.45) is 1.50. The zero-order valence-corrected chi connectivity index (χ0v) is 9.02. The second-order valence-electron chi connectivity index (χ2n) is 4.29. The Labute approximate surface area is 85.2 Å². The molecule has 0 N–H and O–H groups in total. The van der Waals surface area contributed by atoms with Gasteiger partial charge in [-0.15, -0.1) is 0 Å². The van der Waals surface area contributed by atoms with Crippen molar-refractivity contribution in [2.45, 2.75) is 23.4 Å². The van der Waals surface area contributed by atoms with E-state index in [0.717, 1.165) is 5.92 Å². The van der Waals surface area contributed by atoms with Crippen LogP contribution in [-0.2, 0) is 9.53 Å².